The Kier molecular flexibility index (Phi) is 5.80. The molecule has 0 radical (unpaired) electrons. The maximum Gasteiger partial charge on any atom is 0.238 e. The number of fused-ring (bicyclic) bond motifs is 1. The van der Waals surface area contributed by atoms with Gasteiger partial charge in [0.25, 0.3) is 0 Å². The fourth-order valence-corrected chi connectivity index (χ4v) is 3.79. The monoisotopic (exact) mass is 397 g/mol. The zero-order chi connectivity index (χ0) is 20.2. The van der Waals surface area contributed by atoms with Gasteiger partial charge in [-0.05, 0) is 19.9 Å². The first-order valence-corrected chi connectivity index (χ1v) is 10.1. The third-order valence-electron chi connectivity index (χ3n) is 5.19. The highest BCUT2D eigenvalue weighted by atomic mass is 16.5. The second-order valence-electron chi connectivity index (χ2n) is 7.40. The lowest BCUT2D eigenvalue weighted by atomic mass is 10.1. The fraction of sp³-hybridized carbons (Fsp3) is 0.476. The molecule has 1 amide bonds. The first-order chi connectivity index (χ1) is 14.1. The number of anilines is 2. The minimum atomic E-state index is -0.0510. The second kappa shape index (κ2) is 8.65. The molecule has 1 unspecified atom stereocenters. The van der Waals surface area contributed by atoms with E-state index in [9.17, 15) is 4.79 Å². The van der Waals surface area contributed by atoms with Gasteiger partial charge in [0.2, 0.25) is 5.91 Å². The van der Waals surface area contributed by atoms with Crippen LogP contribution in [0.2, 0.25) is 0 Å². The van der Waals surface area contributed by atoms with Crippen molar-refractivity contribution in [2.45, 2.75) is 26.4 Å². The number of carbonyl (C=O) groups is 1. The number of amides is 1. The van der Waals surface area contributed by atoms with Crippen molar-refractivity contribution in [3.8, 4) is 11.5 Å². The molecule has 0 saturated carbocycles. The molecule has 2 aliphatic rings. The maximum absolute atomic E-state index is 12.7. The Hall–Kier alpha value is -2.87. The van der Waals surface area contributed by atoms with E-state index < -0.39 is 0 Å². The minimum Gasteiger partial charge on any atom is -0.492 e. The summed E-state index contributed by atoms with van der Waals surface area (Å²) in [4.78, 5) is 25.5. The van der Waals surface area contributed by atoms with Crippen LogP contribution in [0.15, 0.2) is 30.7 Å². The number of benzene rings is 1. The van der Waals surface area contributed by atoms with Gasteiger partial charge in [-0.2, -0.15) is 0 Å². The van der Waals surface area contributed by atoms with Gasteiger partial charge in [0.1, 0.15) is 23.4 Å². The van der Waals surface area contributed by atoms with Gasteiger partial charge in [-0.1, -0.05) is 0 Å². The molecule has 29 heavy (non-hydrogen) atoms. The predicted molar refractivity (Wildman–Crippen MR) is 111 cm³/mol. The summed E-state index contributed by atoms with van der Waals surface area (Å²) in [6.45, 7) is 8.10. The Morgan fingerprint density at radius 2 is 2.10 bits per heavy atom. The molecule has 0 aliphatic carbocycles. The highest BCUT2D eigenvalue weighted by Gasteiger charge is 2.24. The Bertz CT molecular complexity index is 853. The molecule has 2 aromatic rings. The first kappa shape index (κ1) is 19.4. The first-order valence-electron chi connectivity index (χ1n) is 10.1. The SMILES string of the molecule is CCOc1cc2c(cc1NC(=O)CN1CCN(c3cnccn3)CC1)OC(C)C2. The molecule has 1 aromatic carbocycles. The highest BCUT2D eigenvalue weighted by Crippen LogP contribution is 2.38. The van der Waals surface area contributed by atoms with Crippen LogP contribution in [0.5, 0.6) is 11.5 Å². The summed E-state index contributed by atoms with van der Waals surface area (Å²) < 4.78 is 11.6. The van der Waals surface area contributed by atoms with E-state index in [4.69, 9.17) is 9.47 Å². The van der Waals surface area contributed by atoms with E-state index in [2.05, 4.69) is 25.1 Å². The Labute approximate surface area is 170 Å². The van der Waals surface area contributed by atoms with Gasteiger partial charge in [0, 0.05) is 56.6 Å². The summed E-state index contributed by atoms with van der Waals surface area (Å²) in [7, 11) is 0. The van der Waals surface area contributed by atoms with Crippen LogP contribution < -0.4 is 19.7 Å². The average Bonchev–Trinajstić information content (AvgIpc) is 3.08. The van der Waals surface area contributed by atoms with Gasteiger partial charge < -0.3 is 19.7 Å². The van der Waals surface area contributed by atoms with E-state index in [1.807, 2.05) is 26.0 Å². The predicted octanol–water partition coefficient (Wildman–Crippen LogP) is 1.96. The summed E-state index contributed by atoms with van der Waals surface area (Å²) in [6, 6.07) is 3.87. The third-order valence-corrected chi connectivity index (χ3v) is 5.19. The van der Waals surface area contributed by atoms with E-state index >= 15 is 0 Å². The van der Waals surface area contributed by atoms with Gasteiger partial charge in [-0.3, -0.25) is 14.7 Å². The number of piperazine rings is 1. The van der Waals surface area contributed by atoms with Crippen molar-refractivity contribution >= 4 is 17.4 Å². The minimum absolute atomic E-state index is 0.0510. The maximum atomic E-state index is 12.7. The van der Waals surface area contributed by atoms with Crippen molar-refractivity contribution in [3.05, 3.63) is 36.3 Å². The van der Waals surface area contributed by atoms with Crippen molar-refractivity contribution < 1.29 is 14.3 Å². The molecule has 1 fully saturated rings. The van der Waals surface area contributed by atoms with Gasteiger partial charge >= 0.3 is 0 Å². The van der Waals surface area contributed by atoms with Gasteiger partial charge in [0.15, 0.2) is 0 Å². The summed E-state index contributed by atoms with van der Waals surface area (Å²) in [5, 5.41) is 3.01. The number of rotatable bonds is 6. The number of carbonyl (C=O) groups excluding carboxylic acids is 1. The molecular weight excluding hydrogens is 370 g/mol. The van der Waals surface area contributed by atoms with Crippen molar-refractivity contribution in [2.75, 3.05) is 49.5 Å². The van der Waals surface area contributed by atoms with Crippen LogP contribution in [0.25, 0.3) is 0 Å². The molecule has 1 atom stereocenters. The van der Waals surface area contributed by atoms with E-state index in [0.717, 1.165) is 49.7 Å². The smallest absolute Gasteiger partial charge is 0.238 e. The topological polar surface area (TPSA) is 79.8 Å². The zero-order valence-corrected chi connectivity index (χ0v) is 16.9. The summed E-state index contributed by atoms with van der Waals surface area (Å²) in [5.74, 6) is 2.36. The molecule has 4 rings (SSSR count). The van der Waals surface area contributed by atoms with Crippen molar-refractivity contribution in [3.63, 3.8) is 0 Å². The van der Waals surface area contributed by atoms with Crippen LogP contribution in [0.3, 0.4) is 0 Å². The molecular formula is C21H27N5O3. The number of hydrogen-bond acceptors (Lipinski definition) is 7. The van der Waals surface area contributed by atoms with Crippen LogP contribution in [0.1, 0.15) is 19.4 Å². The largest absolute Gasteiger partial charge is 0.492 e. The second-order valence-corrected chi connectivity index (χ2v) is 7.40. The van der Waals surface area contributed by atoms with Gasteiger partial charge in [-0.25, -0.2) is 4.98 Å². The molecule has 2 aliphatic heterocycles. The number of nitrogens with zero attached hydrogens (tertiary/aromatic N) is 4. The summed E-state index contributed by atoms with van der Waals surface area (Å²) in [6.07, 6.45) is 6.15. The van der Waals surface area contributed by atoms with Crippen molar-refractivity contribution in [1.29, 1.82) is 0 Å². The average molecular weight is 397 g/mol. The number of hydrogen-bond donors (Lipinski definition) is 1. The molecule has 0 bridgehead atoms. The summed E-state index contributed by atoms with van der Waals surface area (Å²) in [5.41, 5.74) is 1.79. The van der Waals surface area contributed by atoms with E-state index in [0.29, 0.717) is 24.6 Å². The Morgan fingerprint density at radius 3 is 2.83 bits per heavy atom. The quantitative estimate of drug-likeness (QED) is 0.798. The molecule has 8 nitrogen and oxygen atoms in total. The van der Waals surface area contributed by atoms with E-state index in [-0.39, 0.29) is 12.0 Å². The lowest BCUT2D eigenvalue weighted by Gasteiger charge is -2.34. The van der Waals surface area contributed by atoms with E-state index in [1.54, 1.807) is 18.6 Å². The summed E-state index contributed by atoms with van der Waals surface area (Å²) >= 11 is 0. The highest BCUT2D eigenvalue weighted by molar-refractivity contribution is 5.94. The normalized spacial score (nSPS) is 18.8. The van der Waals surface area contributed by atoms with Gasteiger partial charge in [0.05, 0.1) is 25.0 Å². The Balaban J connectivity index is 1.35. The third kappa shape index (κ3) is 4.59. The fourth-order valence-electron chi connectivity index (χ4n) is 3.79. The van der Waals surface area contributed by atoms with Crippen LogP contribution >= 0.6 is 0 Å². The molecule has 154 valence electrons. The molecule has 1 saturated heterocycles. The van der Waals surface area contributed by atoms with Crippen LogP contribution in [0.4, 0.5) is 11.5 Å². The number of nitrogens with one attached hydrogen (secondary N) is 1. The lowest BCUT2D eigenvalue weighted by Crippen LogP contribution is -2.49. The van der Waals surface area contributed by atoms with E-state index in [1.165, 1.54) is 0 Å². The van der Waals surface area contributed by atoms with Crippen molar-refractivity contribution in [2.24, 2.45) is 0 Å². The molecule has 8 heteroatoms. The van der Waals surface area contributed by atoms with Crippen molar-refractivity contribution in [1.82, 2.24) is 14.9 Å². The molecule has 3 heterocycles. The van der Waals surface area contributed by atoms with Gasteiger partial charge in [-0.15, -0.1) is 0 Å². The number of aromatic nitrogens is 2. The Morgan fingerprint density at radius 1 is 1.28 bits per heavy atom. The zero-order valence-electron chi connectivity index (χ0n) is 16.9. The van der Waals surface area contributed by atoms with Crippen LogP contribution in [0, 0.1) is 0 Å². The van der Waals surface area contributed by atoms with Crippen LogP contribution in [-0.2, 0) is 11.2 Å². The van der Waals surface area contributed by atoms with Crippen LogP contribution in [-0.4, -0.2) is 66.2 Å². The molecule has 0 spiro atoms. The standard InChI is InChI=1S/C21H27N5O3/c1-3-28-19-11-16-10-15(2)29-18(16)12-17(19)24-21(27)14-25-6-8-26(9-7-25)20-13-22-4-5-23-20/h4-5,11-13,15H,3,6-10,14H2,1-2H3,(H,24,27). The number of ether oxygens (including phenoxy) is 2. The molecule has 1 aromatic heterocycles. The lowest BCUT2D eigenvalue weighted by molar-refractivity contribution is -0.117. The molecule has 1 N–H and O–H groups in total.